The maximum absolute atomic E-state index is 13.8. The summed E-state index contributed by atoms with van der Waals surface area (Å²) < 4.78 is 36.6. The Morgan fingerprint density at radius 1 is 1.24 bits per heavy atom. The number of benzene rings is 1. The Labute approximate surface area is 121 Å². The van der Waals surface area contributed by atoms with Gasteiger partial charge in [-0.2, -0.15) is 0 Å². The SMILES string of the molecule is CCOC(=O)c1c(NC(=O)OC(C)(C)C)ccc(F)c1F. The number of esters is 1. The van der Waals surface area contributed by atoms with Gasteiger partial charge in [-0.25, -0.2) is 18.4 Å². The lowest BCUT2D eigenvalue weighted by molar-refractivity contribution is 0.0521. The number of amides is 1. The van der Waals surface area contributed by atoms with E-state index < -0.39 is 34.9 Å². The maximum atomic E-state index is 13.8. The molecular formula is C14H17F2NO4. The van der Waals surface area contributed by atoms with Crippen LogP contribution in [0.2, 0.25) is 0 Å². The molecule has 0 aliphatic carbocycles. The summed E-state index contributed by atoms with van der Waals surface area (Å²) in [5, 5.41) is 2.21. The lowest BCUT2D eigenvalue weighted by Gasteiger charge is -2.20. The van der Waals surface area contributed by atoms with E-state index in [0.29, 0.717) is 0 Å². The van der Waals surface area contributed by atoms with E-state index in [2.05, 4.69) is 10.1 Å². The molecule has 5 nitrogen and oxygen atoms in total. The van der Waals surface area contributed by atoms with Gasteiger partial charge in [0.15, 0.2) is 11.6 Å². The van der Waals surface area contributed by atoms with Crippen LogP contribution >= 0.6 is 0 Å². The van der Waals surface area contributed by atoms with Crippen molar-refractivity contribution < 1.29 is 27.8 Å². The zero-order valence-corrected chi connectivity index (χ0v) is 12.3. The lowest BCUT2D eigenvalue weighted by Crippen LogP contribution is -2.28. The van der Waals surface area contributed by atoms with E-state index in [9.17, 15) is 18.4 Å². The quantitative estimate of drug-likeness (QED) is 0.868. The number of anilines is 1. The summed E-state index contributed by atoms with van der Waals surface area (Å²) in [6.45, 7) is 6.44. The predicted octanol–water partition coefficient (Wildman–Crippen LogP) is 3.49. The molecule has 0 fully saturated rings. The van der Waals surface area contributed by atoms with Gasteiger partial charge in [-0.1, -0.05) is 0 Å². The summed E-state index contributed by atoms with van der Waals surface area (Å²) in [5.74, 6) is -3.67. The van der Waals surface area contributed by atoms with Crippen LogP contribution in [0.3, 0.4) is 0 Å². The average molecular weight is 301 g/mol. The van der Waals surface area contributed by atoms with E-state index in [1.165, 1.54) is 6.92 Å². The molecule has 0 saturated heterocycles. The molecule has 0 atom stereocenters. The molecule has 0 aliphatic heterocycles. The number of ether oxygens (including phenoxy) is 2. The van der Waals surface area contributed by atoms with Crippen LogP contribution in [0.1, 0.15) is 38.1 Å². The normalized spacial score (nSPS) is 11.0. The van der Waals surface area contributed by atoms with Gasteiger partial charge in [0.1, 0.15) is 11.2 Å². The van der Waals surface area contributed by atoms with Crippen molar-refractivity contribution in [2.75, 3.05) is 11.9 Å². The van der Waals surface area contributed by atoms with E-state index >= 15 is 0 Å². The molecule has 0 spiro atoms. The first-order valence-electron chi connectivity index (χ1n) is 6.31. The maximum Gasteiger partial charge on any atom is 0.412 e. The average Bonchev–Trinajstić information content (AvgIpc) is 2.32. The molecule has 21 heavy (non-hydrogen) atoms. The Bertz CT molecular complexity index is 553. The van der Waals surface area contributed by atoms with Gasteiger partial charge < -0.3 is 9.47 Å². The molecule has 116 valence electrons. The Hall–Kier alpha value is -2.18. The molecule has 0 heterocycles. The van der Waals surface area contributed by atoms with Crippen LogP contribution < -0.4 is 5.32 Å². The van der Waals surface area contributed by atoms with E-state index in [0.717, 1.165) is 12.1 Å². The van der Waals surface area contributed by atoms with Crippen molar-refractivity contribution in [3.8, 4) is 0 Å². The van der Waals surface area contributed by atoms with E-state index in [1.54, 1.807) is 20.8 Å². The number of hydrogen-bond donors (Lipinski definition) is 1. The summed E-state index contributed by atoms with van der Waals surface area (Å²) in [7, 11) is 0. The molecule has 7 heteroatoms. The second-order valence-corrected chi connectivity index (χ2v) is 5.13. The zero-order valence-electron chi connectivity index (χ0n) is 12.3. The molecule has 0 aromatic heterocycles. The summed E-state index contributed by atoms with van der Waals surface area (Å²) in [4.78, 5) is 23.3. The molecule has 1 aromatic rings. The minimum absolute atomic E-state index is 0.0132. The number of hydrogen-bond acceptors (Lipinski definition) is 4. The van der Waals surface area contributed by atoms with Gasteiger partial charge in [0.25, 0.3) is 0 Å². The van der Waals surface area contributed by atoms with Crippen LogP contribution in [0.5, 0.6) is 0 Å². The first-order valence-corrected chi connectivity index (χ1v) is 6.31. The molecule has 1 rings (SSSR count). The molecule has 1 N–H and O–H groups in total. The molecule has 0 unspecified atom stereocenters. The van der Waals surface area contributed by atoms with Gasteiger partial charge in [-0.3, -0.25) is 5.32 Å². The number of rotatable bonds is 3. The summed E-state index contributed by atoms with van der Waals surface area (Å²) in [5.41, 5.74) is -1.67. The number of halogens is 2. The minimum Gasteiger partial charge on any atom is -0.462 e. The lowest BCUT2D eigenvalue weighted by atomic mass is 10.1. The first kappa shape index (κ1) is 16.9. The second-order valence-electron chi connectivity index (χ2n) is 5.13. The van der Waals surface area contributed by atoms with Crippen LogP contribution in [0, 0.1) is 11.6 Å². The Morgan fingerprint density at radius 3 is 2.38 bits per heavy atom. The van der Waals surface area contributed by atoms with Crippen molar-refractivity contribution in [2.45, 2.75) is 33.3 Å². The highest BCUT2D eigenvalue weighted by Crippen LogP contribution is 2.23. The second kappa shape index (κ2) is 6.51. The molecule has 0 radical (unpaired) electrons. The van der Waals surface area contributed by atoms with Crippen molar-refractivity contribution in [3.63, 3.8) is 0 Å². The van der Waals surface area contributed by atoms with Crippen molar-refractivity contribution >= 4 is 17.7 Å². The van der Waals surface area contributed by atoms with Gasteiger partial charge in [-0.15, -0.1) is 0 Å². The topological polar surface area (TPSA) is 64.6 Å². The van der Waals surface area contributed by atoms with Crippen LogP contribution in [0.25, 0.3) is 0 Å². The Morgan fingerprint density at radius 2 is 1.86 bits per heavy atom. The standard InChI is InChI=1S/C14H17F2NO4/c1-5-20-12(18)10-9(7-6-8(15)11(10)16)17-13(19)21-14(2,3)4/h6-7H,5H2,1-4H3,(H,17,19). The third kappa shape index (κ3) is 4.70. The number of carbonyl (C=O) groups excluding carboxylic acids is 2. The monoisotopic (exact) mass is 301 g/mol. The predicted molar refractivity (Wildman–Crippen MR) is 72.2 cm³/mol. The smallest absolute Gasteiger partial charge is 0.412 e. The number of nitrogens with one attached hydrogen (secondary N) is 1. The molecule has 1 aromatic carbocycles. The fraction of sp³-hybridized carbons (Fsp3) is 0.429. The third-order valence-electron chi connectivity index (χ3n) is 2.21. The fourth-order valence-corrected chi connectivity index (χ4v) is 1.47. The van der Waals surface area contributed by atoms with Gasteiger partial charge >= 0.3 is 12.1 Å². The number of carbonyl (C=O) groups is 2. The van der Waals surface area contributed by atoms with Gasteiger partial charge in [0, 0.05) is 0 Å². The Balaban J connectivity index is 3.10. The van der Waals surface area contributed by atoms with Crippen LogP contribution in [-0.2, 0) is 9.47 Å². The molecule has 1 amide bonds. The molecular weight excluding hydrogens is 284 g/mol. The summed E-state index contributed by atoms with van der Waals surface area (Å²) in [6, 6.07) is 1.86. The van der Waals surface area contributed by atoms with Gasteiger partial charge in [0.2, 0.25) is 0 Å². The highest BCUT2D eigenvalue weighted by atomic mass is 19.2. The largest absolute Gasteiger partial charge is 0.462 e. The van der Waals surface area contributed by atoms with Crippen molar-refractivity contribution in [1.29, 1.82) is 0 Å². The first-order chi connectivity index (χ1) is 9.65. The molecule has 0 aliphatic rings. The van der Waals surface area contributed by atoms with Crippen molar-refractivity contribution in [3.05, 3.63) is 29.3 Å². The third-order valence-corrected chi connectivity index (χ3v) is 2.21. The minimum atomic E-state index is -1.39. The molecule has 0 saturated carbocycles. The zero-order chi connectivity index (χ0) is 16.2. The Kier molecular flexibility index (Phi) is 5.23. The van der Waals surface area contributed by atoms with E-state index in [-0.39, 0.29) is 12.3 Å². The van der Waals surface area contributed by atoms with Gasteiger partial charge in [0.05, 0.1) is 12.3 Å². The van der Waals surface area contributed by atoms with E-state index in [1.807, 2.05) is 0 Å². The molecule has 0 bridgehead atoms. The highest BCUT2D eigenvalue weighted by molar-refractivity contribution is 6.00. The summed E-state index contributed by atoms with van der Waals surface area (Å²) >= 11 is 0. The van der Waals surface area contributed by atoms with Crippen molar-refractivity contribution in [1.82, 2.24) is 0 Å². The van der Waals surface area contributed by atoms with Crippen LogP contribution in [-0.4, -0.2) is 24.3 Å². The fourth-order valence-electron chi connectivity index (χ4n) is 1.47. The van der Waals surface area contributed by atoms with E-state index in [4.69, 9.17) is 4.74 Å². The summed E-state index contributed by atoms with van der Waals surface area (Å²) in [6.07, 6.45) is -0.890. The van der Waals surface area contributed by atoms with Crippen molar-refractivity contribution in [2.24, 2.45) is 0 Å². The highest BCUT2D eigenvalue weighted by Gasteiger charge is 2.24. The van der Waals surface area contributed by atoms with Gasteiger partial charge in [-0.05, 0) is 39.8 Å². The van der Waals surface area contributed by atoms with Crippen LogP contribution in [0.15, 0.2) is 12.1 Å². The van der Waals surface area contributed by atoms with Crippen LogP contribution in [0.4, 0.5) is 19.3 Å².